The highest BCUT2D eigenvalue weighted by Crippen LogP contribution is 2.71. The number of hydrogen-bond donors (Lipinski definition) is 0. The number of ether oxygens (including phenoxy) is 3. The molecule has 5 nitrogen and oxygen atoms in total. The predicted molar refractivity (Wildman–Crippen MR) is 105 cm³/mol. The number of esters is 2. The van der Waals surface area contributed by atoms with Crippen LogP contribution in [0.2, 0.25) is 0 Å². The zero-order valence-electron chi connectivity index (χ0n) is 15.7. The van der Waals surface area contributed by atoms with E-state index in [2.05, 4.69) is 0 Å². The average Bonchev–Trinajstić information content (AvgIpc) is 3.38. The van der Waals surface area contributed by atoms with Gasteiger partial charge in [-0.05, 0) is 36.3 Å². The minimum absolute atomic E-state index is 0.0802. The first-order chi connectivity index (χ1) is 13.1. The smallest absolute Gasteiger partial charge is 0.334 e. The zero-order chi connectivity index (χ0) is 18.8. The van der Waals surface area contributed by atoms with Crippen molar-refractivity contribution in [2.75, 3.05) is 25.7 Å². The van der Waals surface area contributed by atoms with Gasteiger partial charge in [-0.3, -0.25) is 0 Å². The molecule has 2 saturated heterocycles. The predicted octanol–water partition coefficient (Wildman–Crippen LogP) is 3.24. The minimum atomic E-state index is -0.429. The van der Waals surface area contributed by atoms with Crippen molar-refractivity contribution >= 4 is 35.5 Å². The number of methoxy groups -OCH3 is 2. The third-order valence-electron chi connectivity index (χ3n) is 6.98. The SMILES string of the molecule is COC(=O)C1=C(C(=O)OC)CC2=C(C1)[C@H]1C[C@@H]3CCC[C@@]3(O1)C21SCCS1. The normalized spacial score (nSPS) is 36.1. The molecule has 0 amide bonds. The second kappa shape index (κ2) is 6.29. The van der Waals surface area contributed by atoms with Crippen molar-refractivity contribution in [1.29, 1.82) is 0 Å². The molecule has 3 fully saturated rings. The van der Waals surface area contributed by atoms with Crippen molar-refractivity contribution in [3.05, 3.63) is 22.3 Å². The molecule has 2 spiro atoms. The Bertz CT molecular complexity index is 779. The Balaban J connectivity index is 1.64. The Kier molecular flexibility index (Phi) is 4.22. The lowest BCUT2D eigenvalue weighted by molar-refractivity contribution is -0.139. The summed E-state index contributed by atoms with van der Waals surface area (Å²) in [5, 5.41) is 0. The van der Waals surface area contributed by atoms with Crippen LogP contribution in [-0.4, -0.2) is 53.4 Å². The van der Waals surface area contributed by atoms with Crippen molar-refractivity contribution in [2.24, 2.45) is 5.92 Å². The lowest BCUT2D eigenvalue weighted by Crippen LogP contribution is -2.55. The van der Waals surface area contributed by atoms with Crippen LogP contribution in [0.25, 0.3) is 0 Å². The van der Waals surface area contributed by atoms with Crippen LogP contribution in [0.3, 0.4) is 0 Å². The molecule has 3 heterocycles. The van der Waals surface area contributed by atoms with Crippen molar-refractivity contribution < 1.29 is 23.8 Å². The summed E-state index contributed by atoms with van der Waals surface area (Å²) in [7, 11) is 2.74. The molecule has 0 radical (unpaired) electrons. The van der Waals surface area contributed by atoms with E-state index in [1.807, 2.05) is 23.5 Å². The van der Waals surface area contributed by atoms with Gasteiger partial charge in [0.25, 0.3) is 0 Å². The van der Waals surface area contributed by atoms with Crippen LogP contribution in [0.1, 0.15) is 38.5 Å². The topological polar surface area (TPSA) is 61.8 Å². The lowest BCUT2D eigenvalue weighted by Gasteiger charge is -2.51. The van der Waals surface area contributed by atoms with Gasteiger partial charge in [-0.1, -0.05) is 6.42 Å². The molecule has 7 heteroatoms. The highest BCUT2D eigenvalue weighted by atomic mass is 32.2. The van der Waals surface area contributed by atoms with Crippen LogP contribution in [0.5, 0.6) is 0 Å². The fourth-order valence-electron chi connectivity index (χ4n) is 5.96. The summed E-state index contributed by atoms with van der Waals surface area (Å²) in [4.78, 5) is 24.9. The summed E-state index contributed by atoms with van der Waals surface area (Å²) in [5.74, 6) is 1.94. The maximum Gasteiger partial charge on any atom is 0.334 e. The Morgan fingerprint density at radius 2 is 1.74 bits per heavy atom. The third kappa shape index (κ3) is 2.25. The maximum atomic E-state index is 12.5. The van der Waals surface area contributed by atoms with Crippen molar-refractivity contribution in [3.8, 4) is 0 Å². The lowest BCUT2D eigenvalue weighted by atomic mass is 9.77. The van der Waals surface area contributed by atoms with Gasteiger partial charge in [-0.15, -0.1) is 23.5 Å². The first kappa shape index (κ1) is 18.1. The van der Waals surface area contributed by atoms with E-state index >= 15 is 0 Å². The van der Waals surface area contributed by atoms with Gasteiger partial charge in [0, 0.05) is 24.3 Å². The maximum absolute atomic E-state index is 12.5. The Morgan fingerprint density at radius 3 is 2.41 bits per heavy atom. The minimum Gasteiger partial charge on any atom is -0.466 e. The monoisotopic (exact) mass is 408 g/mol. The highest BCUT2D eigenvalue weighted by molar-refractivity contribution is 8.21. The number of rotatable bonds is 2. The van der Waals surface area contributed by atoms with Crippen LogP contribution < -0.4 is 0 Å². The van der Waals surface area contributed by atoms with Crippen LogP contribution in [0.15, 0.2) is 22.3 Å². The Morgan fingerprint density at radius 1 is 1.07 bits per heavy atom. The first-order valence-electron chi connectivity index (χ1n) is 9.63. The molecule has 27 heavy (non-hydrogen) atoms. The van der Waals surface area contributed by atoms with Gasteiger partial charge < -0.3 is 14.2 Å². The van der Waals surface area contributed by atoms with E-state index in [1.54, 1.807) is 0 Å². The molecule has 0 aromatic heterocycles. The van der Waals surface area contributed by atoms with Gasteiger partial charge >= 0.3 is 11.9 Å². The van der Waals surface area contributed by atoms with Gasteiger partial charge in [-0.2, -0.15) is 0 Å². The Hall–Kier alpha value is -0.920. The third-order valence-corrected chi connectivity index (χ3v) is 10.8. The summed E-state index contributed by atoms with van der Waals surface area (Å²) in [6.45, 7) is 0. The molecule has 146 valence electrons. The molecule has 0 aromatic carbocycles. The van der Waals surface area contributed by atoms with Crippen molar-refractivity contribution in [2.45, 2.75) is 54.3 Å². The summed E-state index contributed by atoms with van der Waals surface area (Å²) in [6.07, 6.45) is 5.60. The molecule has 0 unspecified atom stereocenters. The number of carbonyl (C=O) groups excluding carboxylic acids is 2. The van der Waals surface area contributed by atoms with E-state index in [0.717, 1.165) is 24.3 Å². The fourth-order valence-corrected chi connectivity index (χ4v) is 9.91. The molecular weight excluding hydrogens is 384 g/mol. The van der Waals surface area contributed by atoms with Gasteiger partial charge in [0.05, 0.1) is 37.1 Å². The number of hydrogen-bond acceptors (Lipinski definition) is 7. The van der Waals surface area contributed by atoms with Gasteiger partial charge in [0.2, 0.25) is 0 Å². The molecule has 0 N–H and O–H groups in total. The Labute approximate surface area is 167 Å². The van der Waals surface area contributed by atoms with E-state index in [9.17, 15) is 9.59 Å². The molecule has 5 rings (SSSR count). The van der Waals surface area contributed by atoms with E-state index in [0.29, 0.717) is 29.9 Å². The van der Waals surface area contributed by atoms with Crippen LogP contribution in [0.4, 0.5) is 0 Å². The molecule has 2 aliphatic carbocycles. The van der Waals surface area contributed by atoms with E-state index < -0.39 is 11.9 Å². The summed E-state index contributed by atoms with van der Waals surface area (Å²) in [5.41, 5.74) is 3.38. The molecule has 5 aliphatic rings. The van der Waals surface area contributed by atoms with Crippen LogP contribution in [0, 0.1) is 5.92 Å². The largest absolute Gasteiger partial charge is 0.466 e. The summed E-state index contributed by atoms with van der Waals surface area (Å²) in [6, 6.07) is 0. The fraction of sp³-hybridized carbons (Fsp3) is 0.700. The standard InChI is InChI=1S/C20H24O5S2/c1-23-17(21)12-9-14-15(10-13(12)18(22)24-2)20(26-6-7-27-20)19-5-3-4-11(19)8-16(14)25-19/h11,16H,3-10H2,1-2H3/t11-,16+,19-/m0/s1. The summed E-state index contributed by atoms with van der Waals surface area (Å²) < 4.78 is 16.7. The molecule has 0 aromatic rings. The number of fused-ring (bicyclic) bond motifs is 3. The molecule has 3 atom stereocenters. The molecule has 2 bridgehead atoms. The van der Waals surface area contributed by atoms with Gasteiger partial charge in [0.1, 0.15) is 4.08 Å². The van der Waals surface area contributed by atoms with Gasteiger partial charge in [-0.25, -0.2) is 9.59 Å². The van der Waals surface area contributed by atoms with Crippen LogP contribution in [-0.2, 0) is 23.8 Å². The quantitative estimate of drug-likeness (QED) is 0.513. The molecule has 1 saturated carbocycles. The van der Waals surface area contributed by atoms with Gasteiger partial charge in [0.15, 0.2) is 0 Å². The zero-order valence-corrected chi connectivity index (χ0v) is 17.3. The van der Waals surface area contributed by atoms with Crippen molar-refractivity contribution in [1.82, 2.24) is 0 Å². The summed E-state index contributed by atoms with van der Waals surface area (Å²) >= 11 is 4.01. The van der Waals surface area contributed by atoms with E-state index in [-0.39, 0.29) is 15.8 Å². The number of thioether (sulfide) groups is 2. The second-order valence-corrected chi connectivity index (χ2v) is 10.8. The molecule has 3 aliphatic heterocycles. The molecular formula is C20H24O5S2. The van der Waals surface area contributed by atoms with Crippen LogP contribution >= 0.6 is 23.5 Å². The first-order valence-corrected chi connectivity index (χ1v) is 11.6. The van der Waals surface area contributed by atoms with E-state index in [4.69, 9.17) is 14.2 Å². The second-order valence-electron chi connectivity index (χ2n) is 7.93. The highest BCUT2D eigenvalue weighted by Gasteiger charge is 2.70. The van der Waals surface area contributed by atoms with Crippen molar-refractivity contribution in [3.63, 3.8) is 0 Å². The van der Waals surface area contributed by atoms with E-state index in [1.165, 1.54) is 38.2 Å². The average molecular weight is 409 g/mol. The number of carbonyl (C=O) groups is 2.